The molecule has 0 unspecified atom stereocenters. The smallest absolute Gasteiger partial charge is 0.192 e. The largest absolute Gasteiger partial charge is 0.414 e. The molecular weight excluding hydrogens is 400 g/mol. The molecule has 2 atom stereocenters. The molecule has 0 heterocycles. The van der Waals surface area contributed by atoms with Gasteiger partial charge in [0.25, 0.3) is 0 Å². The molecule has 0 bridgehead atoms. The molecule has 1 N–H and O–H groups in total. The van der Waals surface area contributed by atoms with Crippen molar-refractivity contribution in [2.75, 3.05) is 6.61 Å². The molecule has 0 radical (unpaired) electrons. The molecule has 1 aromatic carbocycles. The number of aliphatic hydroxyl groups is 1. The van der Waals surface area contributed by atoms with Crippen molar-refractivity contribution in [3.8, 4) is 0 Å². The van der Waals surface area contributed by atoms with Gasteiger partial charge in [-0.2, -0.15) is 0 Å². The van der Waals surface area contributed by atoms with Gasteiger partial charge in [0, 0.05) is 6.61 Å². The van der Waals surface area contributed by atoms with Crippen LogP contribution in [0.5, 0.6) is 0 Å². The van der Waals surface area contributed by atoms with Crippen LogP contribution in [0.1, 0.15) is 71.8 Å². The molecule has 3 nitrogen and oxygen atoms in total. The van der Waals surface area contributed by atoms with Crippen molar-refractivity contribution < 1.29 is 14.3 Å². The summed E-state index contributed by atoms with van der Waals surface area (Å²) in [5.74, 6) is 0. The molecule has 0 aromatic heterocycles. The summed E-state index contributed by atoms with van der Waals surface area (Å²) in [7, 11) is -1.84. The van der Waals surface area contributed by atoms with Crippen molar-refractivity contribution in [1.29, 1.82) is 0 Å². The quantitative estimate of drug-likeness (QED) is 0.173. The fourth-order valence-corrected chi connectivity index (χ4v) is 4.40. The minimum Gasteiger partial charge on any atom is -0.414 e. The molecule has 0 amide bonds. The minimum atomic E-state index is -1.84. The molecule has 176 valence electrons. The van der Waals surface area contributed by atoms with Crippen molar-refractivity contribution >= 4 is 8.32 Å². The number of allylic oxidation sites excluding steroid dienone is 2. The van der Waals surface area contributed by atoms with Gasteiger partial charge in [-0.1, -0.05) is 102 Å². The van der Waals surface area contributed by atoms with Crippen LogP contribution >= 0.6 is 0 Å². The van der Waals surface area contributed by atoms with Gasteiger partial charge in [0.2, 0.25) is 0 Å². The molecule has 31 heavy (non-hydrogen) atoms. The first-order valence-corrected chi connectivity index (χ1v) is 14.9. The van der Waals surface area contributed by atoms with Gasteiger partial charge in [0.1, 0.15) is 0 Å². The summed E-state index contributed by atoms with van der Waals surface area (Å²) in [5, 5.41) is 10.2. The summed E-state index contributed by atoms with van der Waals surface area (Å²) in [6.45, 7) is 15.0. The number of hydrogen-bond acceptors (Lipinski definition) is 3. The van der Waals surface area contributed by atoms with Crippen LogP contribution in [0.4, 0.5) is 0 Å². The predicted octanol–water partition coefficient (Wildman–Crippen LogP) is 7.43. The maximum absolute atomic E-state index is 10.0. The van der Waals surface area contributed by atoms with E-state index >= 15 is 0 Å². The lowest BCUT2D eigenvalue weighted by Crippen LogP contribution is -2.44. The minimum absolute atomic E-state index is 0.149. The molecule has 0 saturated heterocycles. The number of benzene rings is 1. The first-order chi connectivity index (χ1) is 14.7. The third-order valence-corrected chi connectivity index (χ3v) is 10.6. The molecule has 0 aliphatic heterocycles. The van der Waals surface area contributed by atoms with Crippen LogP contribution in [0, 0.1) is 0 Å². The number of unbranched alkanes of at least 4 members (excludes halogenated alkanes) is 2. The SMILES string of the molecule is CCCCC[C@@H](O)/C=C/C=C/C[C@H](CCOCc1ccccc1)O[Si](C)(C)C(C)(C)C. The van der Waals surface area contributed by atoms with Crippen molar-refractivity contribution in [2.24, 2.45) is 0 Å². The highest BCUT2D eigenvalue weighted by Gasteiger charge is 2.38. The van der Waals surface area contributed by atoms with Gasteiger partial charge >= 0.3 is 0 Å². The monoisotopic (exact) mass is 446 g/mol. The number of hydrogen-bond donors (Lipinski definition) is 1. The first-order valence-electron chi connectivity index (χ1n) is 12.0. The maximum Gasteiger partial charge on any atom is 0.192 e. The van der Waals surface area contributed by atoms with Crippen molar-refractivity contribution in [2.45, 2.75) is 103 Å². The van der Waals surface area contributed by atoms with E-state index in [2.05, 4.69) is 59.0 Å². The Balaban J connectivity index is 2.55. The lowest BCUT2D eigenvalue weighted by molar-refractivity contribution is 0.0783. The van der Waals surface area contributed by atoms with E-state index in [1.54, 1.807) is 0 Å². The molecule has 1 rings (SSSR count). The summed E-state index contributed by atoms with van der Waals surface area (Å²) < 4.78 is 12.6. The Hall–Kier alpha value is -1.20. The lowest BCUT2D eigenvalue weighted by atomic mass is 10.1. The zero-order valence-corrected chi connectivity index (χ0v) is 21.8. The van der Waals surface area contributed by atoms with E-state index in [1.807, 2.05) is 36.4 Å². The zero-order valence-electron chi connectivity index (χ0n) is 20.8. The molecular formula is C27H46O3Si. The predicted molar refractivity (Wildman–Crippen MR) is 136 cm³/mol. The van der Waals surface area contributed by atoms with Gasteiger partial charge in [0.05, 0.1) is 18.8 Å². The molecule has 1 aromatic rings. The zero-order chi connectivity index (χ0) is 23.2. The van der Waals surface area contributed by atoms with Crippen LogP contribution in [0.2, 0.25) is 18.1 Å². The van der Waals surface area contributed by atoms with Gasteiger partial charge < -0.3 is 14.3 Å². The summed E-state index contributed by atoms with van der Waals surface area (Å²) in [6.07, 6.45) is 13.9. The van der Waals surface area contributed by atoms with E-state index in [-0.39, 0.29) is 17.2 Å². The molecule has 0 aliphatic rings. The average molecular weight is 447 g/mol. The Labute approximate surface area is 192 Å². The van der Waals surface area contributed by atoms with Gasteiger partial charge in [-0.25, -0.2) is 0 Å². The highest BCUT2D eigenvalue weighted by molar-refractivity contribution is 6.74. The van der Waals surface area contributed by atoms with Crippen LogP contribution in [-0.2, 0) is 15.8 Å². The molecule has 0 aliphatic carbocycles. The van der Waals surface area contributed by atoms with E-state index in [0.717, 1.165) is 25.7 Å². The van der Waals surface area contributed by atoms with Crippen molar-refractivity contribution in [3.05, 3.63) is 60.2 Å². The summed E-state index contributed by atoms with van der Waals surface area (Å²) >= 11 is 0. The molecule has 0 saturated carbocycles. The molecule has 4 heteroatoms. The fourth-order valence-electron chi connectivity index (χ4n) is 3.00. The van der Waals surface area contributed by atoms with E-state index < -0.39 is 8.32 Å². The van der Waals surface area contributed by atoms with Gasteiger partial charge in [-0.3, -0.25) is 0 Å². The fraction of sp³-hybridized carbons (Fsp3) is 0.630. The number of rotatable bonds is 15. The Morgan fingerprint density at radius 2 is 1.74 bits per heavy atom. The third-order valence-electron chi connectivity index (χ3n) is 6.05. The topological polar surface area (TPSA) is 38.7 Å². The van der Waals surface area contributed by atoms with Crippen LogP contribution in [0.3, 0.4) is 0 Å². The maximum atomic E-state index is 10.0. The van der Waals surface area contributed by atoms with Crippen LogP contribution < -0.4 is 0 Å². The number of ether oxygens (including phenoxy) is 1. The van der Waals surface area contributed by atoms with E-state index in [0.29, 0.717) is 13.2 Å². The summed E-state index contributed by atoms with van der Waals surface area (Å²) in [4.78, 5) is 0. The van der Waals surface area contributed by atoms with Crippen LogP contribution in [0.15, 0.2) is 54.6 Å². The van der Waals surface area contributed by atoms with Crippen molar-refractivity contribution in [3.63, 3.8) is 0 Å². The number of aliphatic hydroxyl groups excluding tert-OH is 1. The molecule has 0 spiro atoms. The average Bonchev–Trinajstić information content (AvgIpc) is 2.70. The molecule has 0 fully saturated rings. The Morgan fingerprint density at radius 3 is 2.39 bits per heavy atom. The van der Waals surface area contributed by atoms with Crippen LogP contribution in [-0.4, -0.2) is 32.2 Å². The Bertz CT molecular complexity index is 632. The first kappa shape index (κ1) is 27.8. The summed E-state index contributed by atoms with van der Waals surface area (Å²) in [5.41, 5.74) is 1.20. The summed E-state index contributed by atoms with van der Waals surface area (Å²) in [6, 6.07) is 10.3. The highest BCUT2D eigenvalue weighted by atomic mass is 28.4. The second-order valence-electron chi connectivity index (χ2n) is 9.94. The van der Waals surface area contributed by atoms with Gasteiger partial charge in [0.15, 0.2) is 8.32 Å². The van der Waals surface area contributed by atoms with Gasteiger partial charge in [-0.15, -0.1) is 0 Å². The lowest BCUT2D eigenvalue weighted by Gasteiger charge is -2.39. The highest BCUT2D eigenvalue weighted by Crippen LogP contribution is 2.38. The van der Waals surface area contributed by atoms with Crippen LogP contribution in [0.25, 0.3) is 0 Å². The second kappa shape index (κ2) is 14.8. The van der Waals surface area contributed by atoms with E-state index in [4.69, 9.17) is 9.16 Å². The Kier molecular flexibility index (Phi) is 13.3. The Morgan fingerprint density at radius 1 is 1.03 bits per heavy atom. The second-order valence-corrected chi connectivity index (χ2v) is 14.7. The standard InChI is InChI=1S/C27H46O3Si/c1-7-8-11-18-25(28)19-14-10-15-20-26(30-31(5,6)27(2,3)4)21-22-29-23-24-16-12-9-13-17-24/h9-10,12-17,19,25-26,28H,7-8,11,18,20-23H2,1-6H3/b15-10+,19-14+/t25-,26-/m1/s1. The van der Waals surface area contributed by atoms with Crippen molar-refractivity contribution in [1.82, 2.24) is 0 Å². The van der Waals surface area contributed by atoms with E-state index in [1.165, 1.54) is 18.4 Å². The van der Waals surface area contributed by atoms with Gasteiger partial charge in [-0.05, 0) is 43.0 Å². The third kappa shape index (κ3) is 12.4. The van der Waals surface area contributed by atoms with E-state index in [9.17, 15) is 5.11 Å². The normalized spacial score (nSPS) is 15.1.